The molecule has 2 heterocycles. The van der Waals surface area contributed by atoms with Crippen molar-refractivity contribution in [2.75, 3.05) is 4.31 Å². The number of benzene rings is 3. The molecule has 1 aliphatic heterocycles. The highest BCUT2D eigenvalue weighted by Crippen LogP contribution is 2.43. The molecule has 0 saturated carbocycles. The second-order valence-corrected chi connectivity index (χ2v) is 11.4. The third-order valence-electron chi connectivity index (χ3n) is 6.04. The van der Waals surface area contributed by atoms with Gasteiger partial charge in [-0.05, 0) is 43.5 Å². The Morgan fingerprint density at radius 3 is 2.44 bits per heavy atom. The van der Waals surface area contributed by atoms with Gasteiger partial charge < -0.3 is 0 Å². The van der Waals surface area contributed by atoms with Crippen LogP contribution in [-0.4, -0.2) is 18.4 Å². The second-order valence-electron chi connectivity index (χ2n) is 8.60. The van der Waals surface area contributed by atoms with E-state index < -0.39 is 10.0 Å². The number of anilines is 1. The van der Waals surface area contributed by atoms with Crippen LogP contribution in [0.25, 0.3) is 11.3 Å². The highest BCUT2D eigenvalue weighted by Gasteiger charge is 2.36. The first-order valence-electron chi connectivity index (χ1n) is 11.1. The summed E-state index contributed by atoms with van der Waals surface area (Å²) in [7, 11) is -3.80. The van der Waals surface area contributed by atoms with E-state index in [4.69, 9.17) is 4.98 Å². The quantitative estimate of drug-likeness (QED) is 0.253. The summed E-state index contributed by atoms with van der Waals surface area (Å²) in [4.78, 5) is 9.29. The van der Waals surface area contributed by atoms with Crippen molar-refractivity contribution in [3.05, 3.63) is 101 Å². The second kappa shape index (κ2) is 8.89. The Morgan fingerprint density at radius 1 is 0.912 bits per heavy atom. The lowest BCUT2D eigenvalue weighted by Gasteiger charge is -2.31. The number of para-hydroxylation sites is 1. The SMILES string of the molecule is Cc1ccc(CN2c3ccccc3-c3nc(SCc4cc(C)ccc4C)ncc3S2(=O)=O)cc1. The van der Waals surface area contributed by atoms with E-state index in [2.05, 4.69) is 37.0 Å². The number of aromatic nitrogens is 2. The van der Waals surface area contributed by atoms with Crippen LogP contribution in [0.3, 0.4) is 0 Å². The number of hydrogen-bond donors (Lipinski definition) is 0. The fourth-order valence-corrected chi connectivity index (χ4v) is 6.51. The normalized spacial score (nSPS) is 13.9. The molecule has 0 amide bonds. The van der Waals surface area contributed by atoms with Crippen molar-refractivity contribution in [3.8, 4) is 11.3 Å². The number of sulfonamides is 1. The fraction of sp³-hybridized carbons (Fsp3) is 0.185. The first-order valence-corrected chi connectivity index (χ1v) is 13.5. The van der Waals surface area contributed by atoms with Gasteiger partial charge in [-0.3, -0.25) is 4.31 Å². The number of thioether (sulfide) groups is 1. The van der Waals surface area contributed by atoms with E-state index in [1.165, 1.54) is 39.0 Å². The van der Waals surface area contributed by atoms with Gasteiger partial charge in [-0.1, -0.05) is 83.6 Å². The summed E-state index contributed by atoms with van der Waals surface area (Å²) in [6, 6.07) is 21.8. The minimum absolute atomic E-state index is 0.148. The van der Waals surface area contributed by atoms with E-state index >= 15 is 0 Å². The third-order valence-corrected chi connectivity index (χ3v) is 8.71. The van der Waals surface area contributed by atoms with Crippen LogP contribution < -0.4 is 4.31 Å². The number of aryl methyl sites for hydroxylation is 3. The molecular weight excluding hydrogens is 462 g/mol. The minimum Gasteiger partial charge on any atom is -0.261 e. The van der Waals surface area contributed by atoms with Crippen LogP contribution in [0.5, 0.6) is 0 Å². The molecule has 1 aromatic heterocycles. The van der Waals surface area contributed by atoms with Crippen LogP contribution >= 0.6 is 11.8 Å². The molecule has 0 N–H and O–H groups in total. The van der Waals surface area contributed by atoms with Crippen molar-refractivity contribution in [1.82, 2.24) is 9.97 Å². The molecular formula is C27H25N3O2S2. The van der Waals surface area contributed by atoms with Gasteiger partial charge in [0, 0.05) is 11.3 Å². The molecule has 0 saturated heterocycles. The summed E-state index contributed by atoms with van der Waals surface area (Å²) in [6.45, 7) is 6.43. The largest absolute Gasteiger partial charge is 0.268 e. The van der Waals surface area contributed by atoms with E-state index in [0.29, 0.717) is 16.5 Å². The zero-order chi connectivity index (χ0) is 23.9. The molecule has 0 radical (unpaired) electrons. The molecule has 0 spiro atoms. The van der Waals surface area contributed by atoms with Gasteiger partial charge in [0.2, 0.25) is 0 Å². The maximum absolute atomic E-state index is 13.7. The standard InChI is InChI=1S/C27H25N3O2S2/c1-18-9-12-21(13-10-18)16-30-24-7-5-4-6-23(24)26-25(34(30,31)32)15-28-27(29-26)33-17-22-14-19(2)8-11-20(22)3/h4-15H,16-17H2,1-3H3. The van der Waals surface area contributed by atoms with Gasteiger partial charge in [0.15, 0.2) is 5.16 Å². The van der Waals surface area contributed by atoms with Gasteiger partial charge in [-0.15, -0.1) is 0 Å². The molecule has 5 nitrogen and oxygen atoms in total. The Labute approximate surface area is 205 Å². The van der Waals surface area contributed by atoms with Gasteiger partial charge in [-0.2, -0.15) is 0 Å². The Balaban J connectivity index is 1.51. The van der Waals surface area contributed by atoms with Crippen molar-refractivity contribution < 1.29 is 8.42 Å². The third kappa shape index (κ3) is 4.21. The number of hydrogen-bond acceptors (Lipinski definition) is 5. The highest BCUT2D eigenvalue weighted by molar-refractivity contribution is 7.98. The minimum atomic E-state index is -3.80. The summed E-state index contributed by atoms with van der Waals surface area (Å²) in [5.74, 6) is 0.722. The summed E-state index contributed by atoms with van der Waals surface area (Å²) in [5.41, 5.74) is 7.62. The number of nitrogens with zero attached hydrogens (tertiary/aromatic N) is 3. The van der Waals surface area contributed by atoms with Crippen molar-refractivity contribution in [3.63, 3.8) is 0 Å². The van der Waals surface area contributed by atoms with Crippen molar-refractivity contribution in [2.45, 2.75) is 43.1 Å². The Bertz CT molecular complexity index is 1480. The van der Waals surface area contributed by atoms with Crippen molar-refractivity contribution in [2.24, 2.45) is 0 Å². The maximum atomic E-state index is 13.7. The predicted octanol–water partition coefficient (Wildman–Crippen LogP) is 6.07. The molecule has 34 heavy (non-hydrogen) atoms. The molecule has 4 aromatic rings. The predicted molar refractivity (Wildman–Crippen MR) is 137 cm³/mol. The lowest BCUT2D eigenvalue weighted by Crippen LogP contribution is -2.34. The first kappa shape index (κ1) is 22.6. The number of rotatable bonds is 5. The van der Waals surface area contributed by atoms with Gasteiger partial charge in [0.05, 0.1) is 24.1 Å². The topological polar surface area (TPSA) is 63.2 Å². The molecule has 3 aromatic carbocycles. The van der Waals surface area contributed by atoms with E-state index in [9.17, 15) is 8.42 Å². The average molecular weight is 488 g/mol. The smallest absolute Gasteiger partial charge is 0.261 e. The molecule has 0 bridgehead atoms. The molecule has 172 valence electrons. The van der Waals surface area contributed by atoms with E-state index in [-0.39, 0.29) is 11.4 Å². The first-order chi connectivity index (χ1) is 16.3. The molecule has 7 heteroatoms. The Kier molecular flexibility index (Phi) is 5.91. The summed E-state index contributed by atoms with van der Waals surface area (Å²) in [5, 5.41) is 0.566. The summed E-state index contributed by atoms with van der Waals surface area (Å²) < 4.78 is 28.8. The lowest BCUT2D eigenvalue weighted by atomic mass is 10.1. The van der Waals surface area contributed by atoms with Crippen LogP contribution in [0.2, 0.25) is 0 Å². The molecule has 0 unspecified atom stereocenters. The molecule has 0 fully saturated rings. The van der Waals surface area contributed by atoms with Gasteiger partial charge in [0.25, 0.3) is 10.0 Å². The van der Waals surface area contributed by atoms with E-state index in [0.717, 1.165) is 22.4 Å². The lowest BCUT2D eigenvalue weighted by molar-refractivity contribution is 0.588. The van der Waals surface area contributed by atoms with Gasteiger partial charge in [0.1, 0.15) is 4.90 Å². The highest BCUT2D eigenvalue weighted by atomic mass is 32.2. The van der Waals surface area contributed by atoms with Crippen molar-refractivity contribution >= 4 is 27.5 Å². The van der Waals surface area contributed by atoms with Crippen LogP contribution in [0.15, 0.2) is 83.0 Å². The molecule has 1 aliphatic rings. The molecule has 0 aliphatic carbocycles. The Morgan fingerprint density at radius 2 is 1.65 bits per heavy atom. The number of fused-ring (bicyclic) bond motifs is 3. The van der Waals surface area contributed by atoms with Crippen LogP contribution in [0, 0.1) is 20.8 Å². The fourth-order valence-electron chi connectivity index (χ4n) is 4.07. The monoisotopic (exact) mass is 487 g/mol. The van der Waals surface area contributed by atoms with Crippen molar-refractivity contribution in [1.29, 1.82) is 0 Å². The van der Waals surface area contributed by atoms with E-state index in [1.54, 1.807) is 0 Å². The molecule has 5 rings (SSSR count). The maximum Gasteiger partial charge on any atom is 0.268 e. The van der Waals surface area contributed by atoms with Crippen LogP contribution in [0.1, 0.15) is 27.8 Å². The van der Waals surface area contributed by atoms with Gasteiger partial charge in [-0.25, -0.2) is 18.4 Å². The molecule has 0 atom stereocenters. The van der Waals surface area contributed by atoms with Crippen LogP contribution in [-0.2, 0) is 22.3 Å². The average Bonchev–Trinajstić information content (AvgIpc) is 2.83. The Hall–Kier alpha value is -3.16. The zero-order valence-corrected chi connectivity index (χ0v) is 21.0. The van der Waals surface area contributed by atoms with Gasteiger partial charge >= 0.3 is 0 Å². The van der Waals surface area contributed by atoms with E-state index in [1.807, 2.05) is 55.5 Å². The summed E-state index contributed by atoms with van der Waals surface area (Å²) >= 11 is 1.52. The summed E-state index contributed by atoms with van der Waals surface area (Å²) in [6.07, 6.45) is 1.46. The van der Waals surface area contributed by atoms with Crippen LogP contribution in [0.4, 0.5) is 5.69 Å². The zero-order valence-electron chi connectivity index (χ0n) is 19.3.